The molecule has 0 spiro atoms. The third-order valence-electron chi connectivity index (χ3n) is 4.44. The normalized spacial score (nSPS) is 13.7. The van der Waals surface area contributed by atoms with Gasteiger partial charge in [-0.2, -0.15) is 0 Å². The Bertz CT molecular complexity index is 665. The van der Waals surface area contributed by atoms with E-state index in [1.807, 2.05) is 63.4 Å². The summed E-state index contributed by atoms with van der Waals surface area (Å²) in [6, 6.07) is 18.2. The first-order chi connectivity index (χ1) is 11.9. The van der Waals surface area contributed by atoms with Gasteiger partial charge in [-0.3, -0.25) is 9.69 Å². The van der Waals surface area contributed by atoms with Crippen molar-refractivity contribution in [3.63, 3.8) is 0 Å². The largest absolute Gasteiger partial charge is 0.353 e. The molecule has 1 N–H and O–H groups in total. The summed E-state index contributed by atoms with van der Waals surface area (Å²) in [4.78, 5) is 16.9. The Labute approximate surface area is 151 Å². The molecular weight excluding hydrogens is 310 g/mol. The van der Waals surface area contributed by atoms with Crippen molar-refractivity contribution in [1.29, 1.82) is 0 Å². The second-order valence-electron chi connectivity index (χ2n) is 6.91. The van der Waals surface area contributed by atoms with Gasteiger partial charge < -0.3 is 10.2 Å². The number of rotatable bonds is 7. The molecule has 0 aliphatic carbocycles. The van der Waals surface area contributed by atoms with Crippen molar-refractivity contribution >= 4 is 5.91 Å². The van der Waals surface area contributed by atoms with Crippen LogP contribution in [0.2, 0.25) is 0 Å². The van der Waals surface area contributed by atoms with Gasteiger partial charge in [0, 0.05) is 6.54 Å². The van der Waals surface area contributed by atoms with Crippen LogP contribution in [0.3, 0.4) is 0 Å². The van der Waals surface area contributed by atoms with Crippen LogP contribution in [0.15, 0.2) is 54.6 Å². The lowest BCUT2D eigenvalue weighted by molar-refractivity contribution is -0.126. The third kappa shape index (κ3) is 5.15. The van der Waals surface area contributed by atoms with E-state index in [0.717, 1.165) is 5.56 Å². The van der Waals surface area contributed by atoms with Gasteiger partial charge in [-0.1, -0.05) is 60.2 Å². The Hall–Kier alpha value is -2.17. The summed E-state index contributed by atoms with van der Waals surface area (Å²) in [7, 11) is 7.94. The minimum atomic E-state index is -0.290. The first kappa shape index (κ1) is 19.2. The van der Waals surface area contributed by atoms with Gasteiger partial charge >= 0.3 is 0 Å². The second-order valence-corrected chi connectivity index (χ2v) is 6.91. The lowest BCUT2D eigenvalue weighted by Gasteiger charge is -2.28. The lowest BCUT2D eigenvalue weighted by Crippen LogP contribution is -2.41. The summed E-state index contributed by atoms with van der Waals surface area (Å²) in [6.45, 7) is 2.66. The van der Waals surface area contributed by atoms with Crippen molar-refractivity contribution in [2.75, 3.05) is 34.7 Å². The molecule has 25 heavy (non-hydrogen) atoms. The Kier molecular flexibility index (Phi) is 6.73. The molecule has 0 heterocycles. The van der Waals surface area contributed by atoms with E-state index >= 15 is 0 Å². The van der Waals surface area contributed by atoms with Gasteiger partial charge in [0.2, 0.25) is 5.91 Å². The molecule has 0 saturated carbocycles. The van der Waals surface area contributed by atoms with Crippen LogP contribution in [-0.4, -0.2) is 50.4 Å². The van der Waals surface area contributed by atoms with Crippen LogP contribution in [0.4, 0.5) is 0 Å². The molecule has 0 aliphatic heterocycles. The van der Waals surface area contributed by atoms with Crippen molar-refractivity contribution in [2.24, 2.45) is 0 Å². The van der Waals surface area contributed by atoms with Gasteiger partial charge in [0.1, 0.15) is 6.04 Å². The SMILES string of the molecule is Cc1ccc(C(CNC(=O)C(c2ccccc2)N(C)C)N(C)C)cc1. The van der Waals surface area contributed by atoms with E-state index in [1.165, 1.54) is 11.1 Å². The van der Waals surface area contributed by atoms with E-state index in [9.17, 15) is 4.79 Å². The molecule has 2 unspecified atom stereocenters. The molecule has 4 nitrogen and oxygen atoms in total. The molecule has 2 atom stereocenters. The fraction of sp³-hybridized carbons (Fsp3) is 0.381. The quantitative estimate of drug-likeness (QED) is 0.842. The molecule has 0 fully saturated rings. The average molecular weight is 339 g/mol. The molecule has 0 saturated heterocycles. The van der Waals surface area contributed by atoms with E-state index in [4.69, 9.17) is 0 Å². The Morgan fingerprint density at radius 3 is 2.00 bits per heavy atom. The van der Waals surface area contributed by atoms with Crippen molar-refractivity contribution < 1.29 is 4.79 Å². The first-order valence-electron chi connectivity index (χ1n) is 8.62. The monoisotopic (exact) mass is 339 g/mol. The smallest absolute Gasteiger partial charge is 0.242 e. The summed E-state index contributed by atoms with van der Waals surface area (Å²) in [5.74, 6) is 0.0233. The van der Waals surface area contributed by atoms with Gasteiger partial charge in [0.25, 0.3) is 0 Å². The Morgan fingerprint density at radius 1 is 0.880 bits per heavy atom. The highest BCUT2D eigenvalue weighted by atomic mass is 16.2. The maximum atomic E-state index is 12.8. The van der Waals surface area contributed by atoms with E-state index in [1.54, 1.807) is 0 Å². The summed E-state index contributed by atoms with van der Waals surface area (Å²) in [6.07, 6.45) is 0. The highest BCUT2D eigenvalue weighted by Crippen LogP contribution is 2.20. The molecule has 0 aliphatic rings. The highest BCUT2D eigenvalue weighted by Gasteiger charge is 2.24. The lowest BCUT2D eigenvalue weighted by atomic mass is 10.0. The Morgan fingerprint density at radius 2 is 1.48 bits per heavy atom. The number of aryl methyl sites for hydroxylation is 1. The topological polar surface area (TPSA) is 35.6 Å². The van der Waals surface area contributed by atoms with Crippen LogP contribution in [-0.2, 0) is 4.79 Å². The van der Waals surface area contributed by atoms with E-state index in [2.05, 4.69) is 41.4 Å². The molecule has 134 valence electrons. The minimum absolute atomic E-state index is 0.0233. The average Bonchev–Trinajstić information content (AvgIpc) is 2.57. The number of hydrogen-bond donors (Lipinski definition) is 1. The van der Waals surface area contributed by atoms with Crippen LogP contribution in [0.5, 0.6) is 0 Å². The highest BCUT2D eigenvalue weighted by molar-refractivity contribution is 5.83. The Balaban J connectivity index is 2.10. The van der Waals surface area contributed by atoms with Gasteiger partial charge in [-0.25, -0.2) is 0 Å². The fourth-order valence-corrected chi connectivity index (χ4v) is 3.00. The predicted molar refractivity (Wildman–Crippen MR) is 103 cm³/mol. The summed E-state index contributed by atoms with van der Waals surface area (Å²) in [5, 5.41) is 3.13. The van der Waals surface area contributed by atoms with Crippen molar-refractivity contribution in [3.8, 4) is 0 Å². The minimum Gasteiger partial charge on any atom is -0.353 e. The standard InChI is InChI=1S/C21H29N3O/c1-16-11-13-17(14-12-16)19(23(2)3)15-22-21(25)20(24(4)5)18-9-7-6-8-10-18/h6-14,19-20H,15H2,1-5H3,(H,22,25). The van der Waals surface area contributed by atoms with E-state index < -0.39 is 0 Å². The van der Waals surface area contributed by atoms with Crippen LogP contribution >= 0.6 is 0 Å². The molecule has 2 aromatic carbocycles. The number of nitrogens with one attached hydrogen (secondary N) is 1. The van der Waals surface area contributed by atoms with Crippen LogP contribution in [0.25, 0.3) is 0 Å². The summed E-state index contributed by atoms with van der Waals surface area (Å²) < 4.78 is 0. The number of likely N-dealkylation sites (N-methyl/N-ethyl adjacent to an activating group) is 2. The van der Waals surface area contributed by atoms with Gasteiger partial charge in [0.05, 0.1) is 6.04 Å². The number of carbonyl (C=O) groups is 1. The van der Waals surface area contributed by atoms with E-state index in [-0.39, 0.29) is 18.0 Å². The van der Waals surface area contributed by atoms with Gasteiger partial charge in [-0.05, 0) is 46.2 Å². The van der Waals surface area contributed by atoms with Gasteiger partial charge in [-0.15, -0.1) is 0 Å². The maximum Gasteiger partial charge on any atom is 0.242 e. The molecule has 0 aromatic heterocycles. The van der Waals surface area contributed by atoms with Crippen molar-refractivity contribution in [2.45, 2.75) is 19.0 Å². The zero-order valence-corrected chi connectivity index (χ0v) is 15.9. The van der Waals surface area contributed by atoms with Crippen LogP contribution in [0, 0.1) is 6.92 Å². The molecule has 0 radical (unpaired) electrons. The number of nitrogens with zero attached hydrogens (tertiary/aromatic N) is 2. The number of benzene rings is 2. The first-order valence-corrected chi connectivity index (χ1v) is 8.62. The van der Waals surface area contributed by atoms with E-state index in [0.29, 0.717) is 6.54 Å². The molecule has 2 aromatic rings. The molecule has 1 amide bonds. The summed E-state index contributed by atoms with van der Waals surface area (Å²) in [5.41, 5.74) is 3.45. The maximum absolute atomic E-state index is 12.8. The van der Waals surface area contributed by atoms with Crippen molar-refractivity contribution in [3.05, 3.63) is 71.3 Å². The number of amides is 1. The zero-order valence-electron chi connectivity index (χ0n) is 15.9. The number of hydrogen-bond acceptors (Lipinski definition) is 3. The summed E-state index contributed by atoms with van der Waals surface area (Å²) >= 11 is 0. The van der Waals surface area contributed by atoms with Gasteiger partial charge in [0.15, 0.2) is 0 Å². The zero-order chi connectivity index (χ0) is 18.4. The van der Waals surface area contributed by atoms with Crippen LogP contribution < -0.4 is 5.32 Å². The number of carbonyl (C=O) groups excluding carboxylic acids is 1. The van der Waals surface area contributed by atoms with Crippen molar-refractivity contribution in [1.82, 2.24) is 15.1 Å². The second kappa shape index (κ2) is 8.79. The third-order valence-corrected chi connectivity index (χ3v) is 4.44. The molecule has 0 bridgehead atoms. The molecule has 4 heteroatoms. The molecular formula is C21H29N3O. The fourth-order valence-electron chi connectivity index (χ4n) is 3.00. The predicted octanol–water partition coefficient (Wildman–Crippen LogP) is 3.02. The van der Waals surface area contributed by atoms with Crippen LogP contribution in [0.1, 0.15) is 28.8 Å². The molecule has 2 rings (SSSR count).